The molecule has 0 aromatic carbocycles. The van der Waals surface area contributed by atoms with E-state index in [4.69, 9.17) is 4.74 Å². The van der Waals surface area contributed by atoms with Gasteiger partial charge in [-0.2, -0.15) is 0 Å². The molecule has 0 saturated heterocycles. The van der Waals surface area contributed by atoms with Gasteiger partial charge >= 0.3 is 0 Å². The lowest BCUT2D eigenvalue weighted by Crippen LogP contribution is -2.31. The summed E-state index contributed by atoms with van der Waals surface area (Å²) in [5, 5.41) is 9.43. The Hall–Kier alpha value is -0.0800. The molecule has 0 aliphatic heterocycles. The molecule has 0 amide bonds. The Bertz CT molecular complexity index is 83.7. The summed E-state index contributed by atoms with van der Waals surface area (Å²) in [6.07, 6.45) is 0. The molecule has 0 radical (unpaired) electrons. The van der Waals surface area contributed by atoms with Gasteiger partial charge in [0.25, 0.3) is 0 Å². The standard InChI is InChI=1S/C8H18O2/c1-5-10-6-7(2)8(3,4)9/h7,9H,5-6H2,1-4H3. The van der Waals surface area contributed by atoms with Crippen LogP contribution in [-0.2, 0) is 4.74 Å². The van der Waals surface area contributed by atoms with E-state index in [1.54, 1.807) is 13.8 Å². The number of ether oxygens (including phenoxy) is 1. The number of aliphatic hydroxyl groups is 1. The predicted molar refractivity (Wildman–Crippen MR) is 42.0 cm³/mol. The molecule has 2 nitrogen and oxygen atoms in total. The van der Waals surface area contributed by atoms with Crippen molar-refractivity contribution in [3.8, 4) is 0 Å². The highest BCUT2D eigenvalue weighted by atomic mass is 16.5. The first-order chi connectivity index (χ1) is 4.48. The first-order valence-corrected chi connectivity index (χ1v) is 3.78. The van der Waals surface area contributed by atoms with E-state index < -0.39 is 5.60 Å². The molecule has 0 spiro atoms. The lowest BCUT2D eigenvalue weighted by atomic mass is 9.94. The van der Waals surface area contributed by atoms with Crippen LogP contribution in [0.25, 0.3) is 0 Å². The largest absolute Gasteiger partial charge is 0.390 e. The van der Waals surface area contributed by atoms with Gasteiger partial charge in [-0.25, -0.2) is 0 Å². The van der Waals surface area contributed by atoms with Crippen LogP contribution in [0, 0.1) is 5.92 Å². The van der Waals surface area contributed by atoms with Gasteiger partial charge in [-0.1, -0.05) is 6.92 Å². The van der Waals surface area contributed by atoms with Crippen molar-refractivity contribution in [2.24, 2.45) is 5.92 Å². The van der Waals surface area contributed by atoms with Crippen LogP contribution in [0.2, 0.25) is 0 Å². The fourth-order valence-corrected chi connectivity index (χ4v) is 0.499. The van der Waals surface area contributed by atoms with Crippen LogP contribution < -0.4 is 0 Å². The smallest absolute Gasteiger partial charge is 0.0639 e. The van der Waals surface area contributed by atoms with E-state index in [-0.39, 0.29) is 5.92 Å². The third-order valence-corrected chi connectivity index (χ3v) is 1.78. The SMILES string of the molecule is CCOCC(C)C(C)(C)O. The average molecular weight is 146 g/mol. The van der Waals surface area contributed by atoms with E-state index in [1.807, 2.05) is 13.8 Å². The van der Waals surface area contributed by atoms with E-state index in [2.05, 4.69) is 0 Å². The molecule has 1 atom stereocenters. The normalized spacial score (nSPS) is 15.3. The summed E-state index contributed by atoms with van der Waals surface area (Å²) in [6.45, 7) is 8.90. The Labute approximate surface area is 63.2 Å². The third kappa shape index (κ3) is 3.85. The van der Waals surface area contributed by atoms with Crippen LogP contribution >= 0.6 is 0 Å². The third-order valence-electron chi connectivity index (χ3n) is 1.78. The van der Waals surface area contributed by atoms with Crippen LogP contribution in [0.15, 0.2) is 0 Å². The zero-order valence-corrected chi connectivity index (χ0v) is 7.35. The van der Waals surface area contributed by atoms with E-state index in [0.29, 0.717) is 6.61 Å². The minimum atomic E-state index is -0.616. The van der Waals surface area contributed by atoms with Gasteiger partial charge in [0.05, 0.1) is 12.2 Å². The second-order valence-corrected chi connectivity index (χ2v) is 3.21. The molecule has 0 aliphatic carbocycles. The highest BCUT2D eigenvalue weighted by Gasteiger charge is 2.21. The molecule has 0 aromatic rings. The van der Waals surface area contributed by atoms with Crippen molar-refractivity contribution >= 4 is 0 Å². The highest BCUT2D eigenvalue weighted by molar-refractivity contribution is 4.72. The maximum Gasteiger partial charge on any atom is 0.0639 e. The Balaban J connectivity index is 3.52. The Morgan fingerprint density at radius 1 is 1.50 bits per heavy atom. The zero-order valence-electron chi connectivity index (χ0n) is 7.35. The molecule has 0 fully saturated rings. The monoisotopic (exact) mass is 146 g/mol. The number of hydrogen-bond donors (Lipinski definition) is 1. The van der Waals surface area contributed by atoms with Gasteiger partial charge in [-0.05, 0) is 20.8 Å². The van der Waals surface area contributed by atoms with Crippen molar-refractivity contribution in [1.29, 1.82) is 0 Å². The van der Waals surface area contributed by atoms with Crippen molar-refractivity contribution in [2.45, 2.75) is 33.3 Å². The molecule has 1 N–H and O–H groups in total. The highest BCUT2D eigenvalue weighted by Crippen LogP contribution is 2.15. The van der Waals surface area contributed by atoms with Crippen LogP contribution in [0.1, 0.15) is 27.7 Å². The summed E-state index contributed by atoms with van der Waals surface area (Å²) in [7, 11) is 0. The summed E-state index contributed by atoms with van der Waals surface area (Å²) >= 11 is 0. The minimum absolute atomic E-state index is 0.201. The van der Waals surface area contributed by atoms with Crippen molar-refractivity contribution in [3.63, 3.8) is 0 Å². The second-order valence-electron chi connectivity index (χ2n) is 3.21. The van der Waals surface area contributed by atoms with Gasteiger partial charge in [0, 0.05) is 12.5 Å². The van der Waals surface area contributed by atoms with Gasteiger partial charge < -0.3 is 9.84 Å². The fraction of sp³-hybridized carbons (Fsp3) is 1.00. The molecule has 0 bridgehead atoms. The quantitative estimate of drug-likeness (QED) is 0.650. The molecular weight excluding hydrogens is 128 g/mol. The van der Waals surface area contributed by atoms with Crippen LogP contribution in [0.3, 0.4) is 0 Å². The zero-order chi connectivity index (χ0) is 8.20. The van der Waals surface area contributed by atoms with Gasteiger partial charge in [0.1, 0.15) is 0 Å². The molecule has 62 valence electrons. The molecule has 1 unspecified atom stereocenters. The molecule has 0 saturated carbocycles. The molecule has 0 aliphatic rings. The summed E-state index contributed by atoms with van der Waals surface area (Å²) in [5.74, 6) is 0.201. The number of rotatable bonds is 4. The fourth-order valence-electron chi connectivity index (χ4n) is 0.499. The maximum atomic E-state index is 9.43. The van der Waals surface area contributed by atoms with E-state index in [0.717, 1.165) is 6.61 Å². The minimum Gasteiger partial charge on any atom is -0.390 e. The summed E-state index contributed by atoms with van der Waals surface area (Å²) < 4.78 is 5.16. The Morgan fingerprint density at radius 2 is 2.00 bits per heavy atom. The molecule has 0 rings (SSSR count). The van der Waals surface area contributed by atoms with Crippen LogP contribution in [0.5, 0.6) is 0 Å². The second kappa shape index (κ2) is 3.94. The lowest BCUT2D eigenvalue weighted by Gasteiger charge is -2.25. The molecule has 10 heavy (non-hydrogen) atoms. The maximum absolute atomic E-state index is 9.43. The van der Waals surface area contributed by atoms with Gasteiger partial charge in [-0.3, -0.25) is 0 Å². The van der Waals surface area contributed by atoms with Crippen LogP contribution in [-0.4, -0.2) is 23.9 Å². The van der Waals surface area contributed by atoms with Gasteiger partial charge in [0.15, 0.2) is 0 Å². The molecule has 0 aromatic heterocycles. The van der Waals surface area contributed by atoms with Crippen molar-refractivity contribution in [2.75, 3.05) is 13.2 Å². The average Bonchev–Trinajstić information content (AvgIpc) is 1.80. The molecular formula is C8H18O2. The summed E-state index contributed by atoms with van der Waals surface area (Å²) in [4.78, 5) is 0. The Morgan fingerprint density at radius 3 is 2.30 bits per heavy atom. The van der Waals surface area contributed by atoms with E-state index >= 15 is 0 Å². The molecule has 2 heteroatoms. The topological polar surface area (TPSA) is 29.5 Å². The van der Waals surface area contributed by atoms with E-state index in [9.17, 15) is 5.11 Å². The van der Waals surface area contributed by atoms with Crippen molar-refractivity contribution < 1.29 is 9.84 Å². The van der Waals surface area contributed by atoms with Gasteiger partial charge in [0.2, 0.25) is 0 Å². The predicted octanol–water partition coefficient (Wildman–Crippen LogP) is 1.43. The van der Waals surface area contributed by atoms with E-state index in [1.165, 1.54) is 0 Å². The first-order valence-electron chi connectivity index (χ1n) is 3.78. The van der Waals surface area contributed by atoms with Crippen molar-refractivity contribution in [1.82, 2.24) is 0 Å². The van der Waals surface area contributed by atoms with Crippen molar-refractivity contribution in [3.05, 3.63) is 0 Å². The first kappa shape index (κ1) is 9.92. The van der Waals surface area contributed by atoms with Gasteiger partial charge in [-0.15, -0.1) is 0 Å². The van der Waals surface area contributed by atoms with Crippen LogP contribution in [0.4, 0.5) is 0 Å². The molecule has 0 heterocycles. The summed E-state index contributed by atoms with van der Waals surface area (Å²) in [5.41, 5.74) is -0.616. The summed E-state index contributed by atoms with van der Waals surface area (Å²) in [6, 6.07) is 0. The number of hydrogen-bond acceptors (Lipinski definition) is 2. The lowest BCUT2D eigenvalue weighted by molar-refractivity contribution is -0.0186. The Kier molecular flexibility index (Phi) is 3.91.